The largest absolute Gasteiger partial charge is 0.349 e. The lowest BCUT2D eigenvalue weighted by molar-refractivity contribution is 0.0911. The van der Waals surface area contributed by atoms with E-state index in [1.54, 1.807) is 24.3 Å². The predicted octanol–water partition coefficient (Wildman–Crippen LogP) is 6.84. The van der Waals surface area contributed by atoms with Crippen molar-refractivity contribution >= 4 is 22.8 Å². The number of benzene rings is 4. The number of amides is 1. The standard InChI is InChI=1S/C20H24N2O.C13H20N2.C7H5ClO/c23-20(18-9-5-2-6-10-18)21-19-12-15-22(16-13-19)14-11-17-7-3-1-4-8-17;14-13-7-10-15(11-8-13)9-6-12-4-2-1-3-5-12;8-7(9)6-4-2-1-3-5-6/h1-10,19H,11-16H2,(H,21,23);1-5,13H,6-11,14H2;1-5H. The maximum Gasteiger partial charge on any atom is 0.252 e. The van der Waals surface area contributed by atoms with Crippen LogP contribution in [0.2, 0.25) is 0 Å². The van der Waals surface area contributed by atoms with E-state index in [9.17, 15) is 9.59 Å². The van der Waals surface area contributed by atoms with Crippen molar-refractivity contribution in [2.45, 2.75) is 50.6 Å². The van der Waals surface area contributed by atoms with Crippen molar-refractivity contribution in [1.29, 1.82) is 0 Å². The number of hydrogen-bond acceptors (Lipinski definition) is 5. The van der Waals surface area contributed by atoms with Gasteiger partial charge in [-0.3, -0.25) is 9.59 Å². The molecule has 0 atom stereocenters. The Hall–Kier alpha value is -3.81. The first-order valence-corrected chi connectivity index (χ1v) is 17.2. The van der Waals surface area contributed by atoms with Crippen LogP contribution in [0.15, 0.2) is 121 Å². The molecule has 2 aliphatic heterocycles. The highest BCUT2D eigenvalue weighted by molar-refractivity contribution is 6.67. The van der Waals surface area contributed by atoms with Gasteiger partial charge in [0.1, 0.15) is 0 Å². The van der Waals surface area contributed by atoms with Crippen molar-refractivity contribution < 1.29 is 9.59 Å². The maximum absolute atomic E-state index is 12.2. The molecular weight excluding hydrogens is 604 g/mol. The summed E-state index contributed by atoms with van der Waals surface area (Å²) in [6, 6.07) is 40.3. The molecule has 7 heteroatoms. The van der Waals surface area contributed by atoms with Gasteiger partial charge in [0, 0.05) is 49.4 Å². The fraction of sp³-hybridized carbons (Fsp3) is 0.350. The van der Waals surface area contributed by atoms with Crippen molar-refractivity contribution in [3.63, 3.8) is 0 Å². The summed E-state index contributed by atoms with van der Waals surface area (Å²) >= 11 is 5.16. The molecule has 2 heterocycles. The average Bonchev–Trinajstić information content (AvgIpc) is 3.13. The van der Waals surface area contributed by atoms with Gasteiger partial charge in [-0.25, -0.2) is 0 Å². The molecule has 0 unspecified atom stereocenters. The normalized spacial score (nSPS) is 15.8. The average molecular weight is 653 g/mol. The van der Waals surface area contributed by atoms with E-state index in [1.807, 2.05) is 36.4 Å². The van der Waals surface area contributed by atoms with Gasteiger partial charge >= 0.3 is 0 Å². The summed E-state index contributed by atoms with van der Waals surface area (Å²) in [5.41, 5.74) is 10.0. The number of likely N-dealkylation sites (tertiary alicyclic amines) is 2. The summed E-state index contributed by atoms with van der Waals surface area (Å²) in [7, 11) is 0. The highest BCUT2D eigenvalue weighted by Gasteiger charge is 2.21. The van der Waals surface area contributed by atoms with Crippen LogP contribution in [0.5, 0.6) is 0 Å². The zero-order valence-electron chi connectivity index (χ0n) is 27.4. The lowest BCUT2D eigenvalue weighted by atomic mass is 10.0. The summed E-state index contributed by atoms with van der Waals surface area (Å²) in [4.78, 5) is 27.6. The Kier molecular flexibility index (Phi) is 15.7. The van der Waals surface area contributed by atoms with Crippen LogP contribution in [0.3, 0.4) is 0 Å². The molecule has 1 amide bonds. The van der Waals surface area contributed by atoms with Crippen molar-refractivity contribution in [3.8, 4) is 0 Å². The highest BCUT2D eigenvalue weighted by atomic mass is 35.5. The number of hydrogen-bond donors (Lipinski definition) is 2. The molecule has 248 valence electrons. The first kappa shape index (κ1) is 36.0. The molecule has 0 radical (unpaired) electrons. The minimum atomic E-state index is -0.407. The van der Waals surface area contributed by atoms with E-state index in [0.29, 0.717) is 17.6 Å². The Labute approximate surface area is 285 Å². The van der Waals surface area contributed by atoms with E-state index < -0.39 is 5.24 Å². The number of carbonyl (C=O) groups is 2. The van der Waals surface area contributed by atoms with Crippen molar-refractivity contribution in [3.05, 3.63) is 144 Å². The number of halogens is 1. The summed E-state index contributed by atoms with van der Waals surface area (Å²) in [5, 5.41) is 2.76. The van der Waals surface area contributed by atoms with E-state index in [0.717, 1.165) is 63.7 Å². The number of nitrogens with two attached hydrogens (primary N) is 1. The Morgan fingerprint density at radius 3 is 1.38 bits per heavy atom. The Balaban J connectivity index is 0.000000178. The monoisotopic (exact) mass is 652 g/mol. The van der Waals surface area contributed by atoms with Crippen molar-refractivity contribution in [1.82, 2.24) is 15.1 Å². The van der Waals surface area contributed by atoms with Gasteiger partial charge in [-0.2, -0.15) is 0 Å². The second-order valence-corrected chi connectivity index (χ2v) is 12.6. The molecular formula is C40H49ClN4O2. The number of piperidine rings is 2. The SMILES string of the molecule is NC1CCN(CCc2ccccc2)CC1.O=C(Cl)c1ccccc1.O=C(NC1CCN(CCc2ccccc2)CC1)c1ccccc1. The van der Waals surface area contributed by atoms with Gasteiger partial charge in [0.15, 0.2) is 0 Å². The third-order valence-corrected chi connectivity index (χ3v) is 8.93. The number of carbonyl (C=O) groups excluding carboxylic acids is 2. The van der Waals surface area contributed by atoms with Gasteiger partial charge in [0.25, 0.3) is 11.1 Å². The second kappa shape index (κ2) is 20.4. The fourth-order valence-corrected chi connectivity index (χ4v) is 5.89. The Morgan fingerprint density at radius 1 is 0.596 bits per heavy atom. The van der Waals surface area contributed by atoms with E-state index in [4.69, 9.17) is 17.3 Å². The van der Waals surface area contributed by atoms with Gasteiger partial charge < -0.3 is 20.9 Å². The molecule has 2 fully saturated rings. The highest BCUT2D eigenvalue weighted by Crippen LogP contribution is 2.13. The first-order chi connectivity index (χ1) is 23.0. The number of nitrogens with zero attached hydrogens (tertiary/aromatic N) is 2. The molecule has 6 rings (SSSR count). The summed E-state index contributed by atoms with van der Waals surface area (Å²) in [5.74, 6) is 0.0494. The molecule has 2 aliphatic rings. The first-order valence-electron chi connectivity index (χ1n) is 16.8. The minimum Gasteiger partial charge on any atom is -0.349 e. The summed E-state index contributed by atoms with van der Waals surface area (Å²) in [6.07, 6.45) is 6.66. The Bertz CT molecular complexity index is 1420. The molecule has 2 saturated heterocycles. The van der Waals surface area contributed by atoms with E-state index >= 15 is 0 Å². The molecule has 6 nitrogen and oxygen atoms in total. The molecule has 0 spiro atoms. The van der Waals surface area contributed by atoms with Gasteiger partial charge in [0.05, 0.1) is 0 Å². The molecule has 0 aromatic heterocycles. The van der Waals surface area contributed by atoms with E-state index in [-0.39, 0.29) is 5.91 Å². The van der Waals surface area contributed by atoms with Crippen molar-refractivity contribution in [2.75, 3.05) is 39.3 Å². The molecule has 3 N–H and O–H groups in total. The zero-order chi connectivity index (χ0) is 33.1. The van der Waals surface area contributed by atoms with Crippen LogP contribution in [0, 0.1) is 0 Å². The second-order valence-electron chi connectivity index (χ2n) is 12.2. The number of nitrogens with one attached hydrogen (secondary N) is 1. The van der Waals surface area contributed by atoms with Gasteiger partial charge in [-0.1, -0.05) is 109 Å². The minimum absolute atomic E-state index is 0.0494. The summed E-state index contributed by atoms with van der Waals surface area (Å²) in [6.45, 7) is 6.75. The summed E-state index contributed by atoms with van der Waals surface area (Å²) < 4.78 is 0. The quantitative estimate of drug-likeness (QED) is 0.194. The smallest absolute Gasteiger partial charge is 0.252 e. The lowest BCUT2D eigenvalue weighted by Crippen LogP contribution is -2.45. The molecule has 0 aliphatic carbocycles. The van der Waals surface area contributed by atoms with Crippen LogP contribution >= 0.6 is 11.6 Å². The molecule has 0 bridgehead atoms. The van der Waals surface area contributed by atoms with E-state index in [1.165, 1.54) is 30.8 Å². The van der Waals surface area contributed by atoms with Crippen LogP contribution < -0.4 is 11.1 Å². The lowest BCUT2D eigenvalue weighted by Gasteiger charge is -2.32. The van der Waals surface area contributed by atoms with Crippen LogP contribution in [0.4, 0.5) is 0 Å². The third kappa shape index (κ3) is 13.8. The topological polar surface area (TPSA) is 78.7 Å². The van der Waals surface area contributed by atoms with Crippen LogP contribution in [-0.2, 0) is 12.8 Å². The Morgan fingerprint density at radius 2 is 0.979 bits per heavy atom. The zero-order valence-corrected chi connectivity index (χ0v) is 28.1. The predicted molar refractivity (Wildman–Crippen MR) is 194 cm³/mol. The maximum atomic E-state index is 12.2. The number of rotatable bonds is 9. The molecule has 0 saturated carbocycles. The molecule has 4 aromatic carbocycles. The fourth-order valence-electron chi connectivity index (χ4n) is 5.77. The van der Waals surface area contributed by atoms with Crippen LogP contribution in [0.1, 0.15) is 57.5 Å². The van der Waals surface area contributed by atoms with Crippen LogP contribution in [0.25, 0.3) is 0 Å². The van der Waals surface area contributed by atoms with Gasteiger partial charge in [-0.15, -0.1) is 0 Å². The van der Waals surface area contributed by atoms with Gasteiger partial charge in [-0.05, 0) is 86.5 Å². The van der Waals surface area contributed by atoms with Crippen LogP contribution in [-0.4, -0.2) is 72.3 Å². The van der Waals surface area contributed by atoms with Crippen molar-refractivity contribution in [2.24, 2.45) is 5.73 Å². The third-order valence-electron chi connectivity index (χ3n) is 8.71. The molecule has 4 aromatic rings. The molecule has 47 heavy (non-hydrogen) atoms. The van der Waals surface area contributed by atoms with Gasteiger partial charge in [0.2, 0.25) is 0 Å². The van der Waals surface area contributed by atoms with E-state index in [2.05, 4.69) is 75.8 Å².